The highest BCUT2D eigenvalue weighted by Gasteiger charge is 2.06. The van der Waals surface area contributed by atoms with Gasteiger partial charge in [0.05, 0.1) is 5.52 Å². The highest BCUT2D eigenvalue weighted by atomic mass is 16.5. The Morgan fingerprint density at radius 2 is 1.94 bits per heavy atom. The molecule has 0 saturated heterocycles. The van der Waals surface area contributed by atoms with Crippen LogP contribution in [0.25, 0.3) is 10.9 Å². The number of hydrogen-bond donors (Lipinski definition) is 0. The number of pyridine rings is 1. The average molecular weight is 227 g/mol. The van der Waals surface area contributed by atoms with Crippen LogP contribution in [-0.2, 0) is 0 Å². The summed E-state index contributed by atoms with van der Waals surface area (Å²) < 4.78 is 5.50. The van der Waals surface area contributed by atoms with Gasteiger partial charge in [-0.1, -0.05) is 24.3 Å². The number of aryl methyl sites for hydroxylation is 3. The van der Waals surface area contributed by atoms with E-state index in [2.05, 4.69) is 44.5 Å². The summed E-state index contributed by atoms with van der Waals surface area (Å²) >= 11 is 0. The normalized spacial score (nSPS) is 10.5. The van der Waals surface area contributed by atoms with Crippen LogP contribution in [-0.4, -0.2) is 11.6 Å². The first-order valence-electron chi connectivity index (χ1n) is 5.74. The summed E-state index contributed by atoms with van der Waals surface area (Å²) in [6, 6.07) is 6.29. The standard InChI is InChI=1S/C15H17NO/c1-5-6-17-14-9-11(3)13-8-10(2)7-12(4)15(13)16-14/h5,7-9H,1,6H2,2-4H3. The smallest absolute Gasteiger partial charge is 0.214 e. The maximum Gasteiger partial charge on any atom is 0.214 e. The fourth-order valence-corrected chi connectivity index (χ4v) is 2.03. The van der Waals surface area contributed by atoms with Crippen LogP contribution >= 0.6 is 0 Å². The monoisotopic (exact) mass is 227 g/mol. The topological polar surface area (TPSA) is 22.1 Å². The second-order valence-corrected chi connectivity index (χ2v) is 4.36. The molecular formula is C15H17NO. The van der Waals surface area contributed by atoms with Crippen molar-refractivity contribution in [3.8, 4) is 5.88 Å². The van der Waals surface area contributed by atoms with Crippen LogP contribution in [0, 0.1) is 20.8 Å². The van der Waals surface area contributed by atoms with Crippen LogP contribution < -0.4 is 4.74 Å². The van der Waals surface area contributed by atoms with Gasteiger partial charge in [0.15, 0.2) is 0 Å². The number of rotatable bonds is 3. The highest BCUT2D eigenvalue weighted by molar-refractivity contribution is 5.86. The van der Waals surface area contributed by atoms with E-state index in [1.807, 2.05) is 6.07 Å². The van der Waals surface area contributed by atoms with Crippen molar-refractivity contribution < 1.29 is 4.74 Å². The predicted molar refractivity (Wildman–Crippen MR) is 71.6 cm³/mol. The molecule has 0 aliphatic heterocycles. The average Bonchev–Trinajstić information content (AvgIpc) is 2.28. The lowest BCUT2D eigenvalue weighted by atomic mass is 10.0. The number of aromatic nitrogens is 1. The van der Waals surface area contributed by atoms with Crippen LogP contribution in [0.5, 0.6) is 5.88 Å². The first kappa shape index (κ1) is 11.6. The number of hydrogen-bond acceptors (Lipinski definition) is 2. The summed E-state index contributed by atoms with van der Waals surface area (Å²) in [6.45, 7) is 10.4. The Morgan fingerprint density at radius 1 is 1.18 bits per heavy atom. The molecule has 0 spiro atoms. The zero-order chi connectivity index (χ0) is 12.4. The molecule has 0 saturated carbocycles. The van der Waals surface area contributed by atoms with Gasteiger partial charge in [0.1, 0.15) is 6.61 Å². The van der Waals surface area contributed by atoms with Crippen LogP contribution in [0.15, 0.2) is 30.9 Å². The van der Waals surface area contributed by atoms with Gasteiger partial charge in [0.2, 0.25) is 5.88 Å². The zero-order valence-corrected chi connectivity index (χ0v) is 10.6. The Morgan fingerprint density at radius 3 is 2.65 bits per heavy atom. The Balaban J connectivity index is 2.60. The molecule has 1 aromatic heterocycles. The van der Waals surface area contributed by atoms with Gasteiger partial charge in [-0.2, -0.15) is 0 Å². The lowest BCUT2D eigenvalue weighted by Crippen LogP contribution is -1.98. The Labute approximate surface area is 102 Å². The minimum Gasteiger partial charge on any atom is -0.473 e. The fraction of sp³-hybridized carbons (Fsp3) is 0.267. The van der Waals surface area contributed by atoms with E-state index in [0.29, 0.717) is 12.5 Å². The van der Waals surface area contributed by atoms with Crippen molar-refractivity contribution in [2.45, 2.75) is 20.8 Å². The van der Waals surface area contributed by atoms with E-state index < -0.39 is 0 Å². The first-order valence-corrected chi connectivity index (χ1v) is 5.74. The van der Waals surface area contributed by atoms with Crippen LogP contribution in [0.3, 0.4) is 0 Å². The lowest BCUT2D eigenvalue weighted by molar-refractivity contribution is 0.350. The van der Waals surface area contributed by atoms with Crippen molar-refractivity contribution in [1.82, 2.24) is 4.98 Å². The van der Waals surface area contributed by atoms with Crippen molar-refractivity contribution in [3.05, 3.63) is 47.5 Å². The SMILES string of the molecule is C=CCOc1cc(C)c2cc(C)cc(C)c2n1. The maximum absolute atomic E-state index is 5.50. The molecule has 0 aliphatic rings. The summed E-state index contributed by atoms with van der Waals surface area (Å²) in [5.74, 6) is 0.668. The second kappa shape index (κ2) is 4.58. The lowest BCUT2D eigenvalue weighted by Gasteiger charge is -2.09. The quantitative estimate of drug-likeness (QED) is 0.745. The summed E-state index contributed by atoms with van der Waals surface area (Å²) in [6.07, 6.45) is 1.73. The van der Waals surface area contributed by atoms with Crippen molar-refractivity contribution in [3.63, 3.8) is 0 Å². The van der Waals surface area contributed by atoms with Gasteiger partial charge >= 0.3 is 0 Å². The molecule has 2 aromatic rings. The third kappa shape index (κ3) is 2.31. The van der Waals surface area contributed by atoms with E-state index in [-0.39, 0.29) is 0 Å². The van der Waals surface area contributed by atoms with E-state index in [0.717, 1.165) is 5.52 Å². The molecule has 0 unspecified atom stereocenters. The number of benzene rings is 1. The van der Waals surface area contributed by atoms with Gasteiger partial charge in [-0.3, -0.25) is 0 Å². The number of nitrogens with zero attached hydrogens (tertiary/aromatic N) is 1. The molecule has 0 radical (unpaired) electrons. The van der Waals surface area contributed by atoms with E-state index in [9.17, 15) is 0 Å². The predicted octanol–water partition coefficient (Wildman–Crippen LogP) is 3.72. The van der Waals surface area contributed by atoms with Crippen molar-refractivity contribution in [2.75, 3.05) is 6.61 Å². The molecule has 0 N–H and O–H groups in total. The van der Waals surface area contributed by atoms with Gasteiger partial charge < -0.3 is 4.74 Å². The minimum atomic E-state index is 0.489. The van der Waals surface area contributed by atoms with Crippen molar-refractivity contribution in [1.29, 1.82) is 0 Å². The molecule has 2 nitrogen and oxygen atoms in total. The second-order valence-electron chi connectivity index (χ2n) is 4.36. The van der Waals surface area contributed by atoms with Crippen LogP contribution in [0.2, 0.25) is 0 Å². The Bertz CT molecular complexity index is 573. The van der Waals surface area contributed by atoms with E-state index in [1.165, 1.54) is 22.1 Å². The number of ether oxygens (including phenoxy) is 1. The first-order chi connectivity index (χ1) is 8.11. The Kier molecular flexibility index (Phi) is 3.14. The van der Waals surface area contributed by atoms with Gasteiger partial charge in [0.25, 0.3) is 0 Å². The molecular weight excluding hydrogens is 210 g/mol. The third-order valence-electron chi connectivity index (χ3n) is 2.78. The molecule has 0 fully saturated rings. The summed E-state index contributed by atoms with van der Waals surface area (Å²) in [5, 5.41) is 1.20. The molecule has 2 rings (SSSR count). The van der Waals surface area contributed by atoms with Crippen molar-refractivity contribution >= 4 is 10.9 Å². The van der Waals surface area contributed by atoms with E-state index in [1.54, 1.807) is 6.08 Å². The molecule has 0 aliphatic carbocycles. The molecule has 0 bridgehead atoms. The summed E-state index contributed by atoms with van der Waals surface area (Å²) in [5.41, 5.74) is 4.67. The van der Waals surface area contributed by atoms with E-state index in [4.69, 9.17) is 4.74 Å². The van der Waals surface area contributed by atoms with E-state index >= 15 is 0 Å². The molecule has 0 amide bonds. The van der Waals surface area contributed by atoms with Gasteiger partial charge in [0, 0.05) is 11.5 Å². The number of fused-ring (bicyclic) bond motifs is 1. The van der Waals surface area contributed by atoms with Crippen molar-refractivity contribution in [2.24, 2.45) is 0 Å². The Hall–Kier alpha value is -1.83. The maximum atomic E-state index is 5.50. The molecule has 1 heterocycles. The van der Waals surface area contributed by atoms with Crippen LogP contribution in [0.1, 0.15) is 16.7 Å². The highest BCUT2D eigenvalue weighted by Crippen LogP contribution is 2.25. The fourth-order valence-electron chi connectivity index (χ4n) is 2.03. The molecule has 2 heteroatoms. The molecule has 88 valence electrons. The summed E-state index contributed by atoms with van der Waals surface area (Å²) in [4.78, 5) is 4.54. The van der Waals surface area contributed by atoms with Gasteiger partial charge in [-0.15, -0.1) is 0 Å². The molecule has 0 atom stereocenters. The largest absolute Gasteiger partial charge is 0.473 e. The summed E-state index contributed by atoms with van der Waals surface area (Å²) in [7, 11) is 0. The minimum absolute atomic E-state index is 0.489. The zero-order valence-electron chi connectivity index (χ0n) is 10.6. The van der Waals surface area contributed by atoms with Gasteiger partial charge in [-0.25, -0.2) is 4.98 Å². The van der Waals surface area contributed by atoms with Gasteiger partial charge in [-0.05, 0) is 38.0 Å². The third-order valence-corrected chi connectivity index (χ3v) is 2.78. The molecule has 1 aromatic carbocycles. The van der Waals surface area contributed by atoms with Crippen LogP contribution in [0.4, 0.5) is 0 Å². The molecule has 17 heavy (non-hydrogen) atoms.